The first-order chi connectivity index (χ1) is 13.5. The zero-order valence-corrected chi connectivity index (χ0v) is 17.0. The lowest BCUT2D eigenvalue weighted by molar-refractivity contribution is -0.423. The lowest BCUT2D eigenvalue weighted by atomic mass is 9.85. The Morgan fingerprint density at radius 2 is 0.900 bits per heavy atom. The van der Waals surface area contributed by atoms with Crippen molar-refractivity contribution in [3.8, 4) is 0 Å². The average molecular weight is 466 g/mol. The first kappa shape index (κ1) is 29.2. The van der Waals surface area contributed by atoms with E-state index < -0.39 is 42.2 Å². The summed E-state index contributed by atoms with van der Waals surface area (Å²) in [5, 5.41) is 0. The molecule has 0 aliphatic heterocycles. The minimum atomic E-state index is -7.31. The van der Waals surface area contributed by atoms with Gasteiger partial charge in [-0.1, -0.05) is 78.1 Å². The van der Waals surface area contributed by atoms with Crippen LogP contribution in [0, 0.1) is 5.92 Å². The highest BCUT2D eigenvalue weighted by Gasteiger charge is 2.86. The van der Waals surface area contributed by atoms with Crippen molar-refractivity contribution in [3.63, 3.8) is 0 Å². The zero-order valence-electron chi connectivity index (χ0n) is 17.0. The van der Waals surface area contributed by atoms with Gasteiger partial charge in [0.05, 0.1) is 0 Å². The smallest absolute Gasteiger partial charge is 0.200 e. The number of unbranched alkanes of at least 4 members (excludes halogenated alkanes) is 6. The largest absolute Gasteiger partial charge is 0.460 e. The van der Waals surface area contributed by atoms with Gasteiger partial charge in [-0.25, -0.2) is 0 Å². The molecule has 1 atom stereocenters. The topological polar surface area (TPSA) is 0 Å². The molecule has 0 amide bonds. The highest BCUT2D eigenvalue weighted by Crippen LogP contribution is 2.58. The predicted molar refractivity (Wildman–Crippen MR) is 91.5 cm³/mol. The van der Waals surface area contributed by atoms with Gasteiger partial charge in [-0.3, -0.25) is 0 Å². The van der Waals surface area contributed by atoms with Gasteiger partial charge in [-0.2, -0.15) is 48.3 Å². The second-order valence-corrected chi connectivity index (χ2v) is 7.69. The molecule has 0 bridgehead atoms. The van der Waals surface area contributed by atoms with Gasteiger partial charge < -0.3 is 0 Å². The van der Waals surface area contributed by atoms with Crippen LogP contribution < -0.4 is 0 Å². The van der Waals surface area contributed by atoms with Crippen LogP contribution in [0.25, 0.3) is 0 Å². The number of halogens is 11. The molecule has 0 heterocycles. The Morgan fingerprint density at radius 1 is 0.500 bits per heavy atom. The van der Waals surface area contributed by atoms with Crippen molar-refractivity contribution in [1.82, 2.24) is 0 Å². The second kappa shape index (κ2) is 11.2. The van der Waals surface area contributed by atoms with Crippen molar-refractivity contribution in [2.45, 2.75) is 114 Å². The molecule has 0 aliphatic rings. The summed E-state index contributed by atoms with van der Waals surface area (Å²) in [5.74, 6) is -28.5. The first-order valence-electron chi connectivity index (χ1n) is 10.1. The summed E-state index contributed by atoms with van der Waals surface area (Å²) in [6, 6.07) is 0. The van der Waals surface area contributed by atoms with E-state index in [1.807, 2.05) is 6.92 Å². The van der Waals surface area contributed by atoms with Gasteiger partial charge in [0.1, 0.15) is 0 Å². The van der Waals surface area contributed by atoms with Crippen LogP contribution in [-0.2, 0) is 0 Å². The zero-order chi connectivity index (χ0) is 23.9. The van der Waals surface area contributed by atoms with E-state index in [2.05, 4.69) is 0 Å². The Bertz CT molecular complexity index is 483. The average Bonchev–Trinajstić information content (AvgIpc) is 2.59. The lowest BCUT2D eigenvalue weighted by Crippen LogP contribution is -2.66. The van der Waals surface area contributed by atoms with E-state index in [1.165, 1.54) is 0 Å². The van der Waals surface area contributed by atoms with E-state index in [4.69, 9.17) is 0 Å². The van der Waals surface area contributed by atoms with E-state index in [-0.39, 0.29) is 12.8 Å². The summed E-state index contributed by atoms with van der Waals surface area (Å²) >= 11 is 0. The highest BCUT2D eigenvalue weighted by molar-refractivity contribution is 5.06. The van der Waals surface area contributed by atoms with Crippen LogP contribution in [0.3, 0.4) is 0 Å². The minimum Gasteiger partial charge on any atom is -0.200 e. The maximum absolute atomic E-state index is 14.1. The minimum absolute atomic E-state index is 0.0274. The molecule has 0 fully saturated rings. The third-order valence-corrected chi connectivity index (χ3v) is 5.08. The Hall–Kier alpha value is -0.770. The summed E-state index contributed by atoms with van der Waals surface area (Å²) in [6.45, 7) is 3.70. The van der Waals surface area contributed by atoms with Gasteiger partial charge >= 0.3 is 29.9 Å². The Kier molecular flexibility index (Phi) is 10.9. The standard InChI is InChI=1S/C19H29F11/c1-3-5-7-8-10-12-14(11-9-6-4-2)13-15(20,21)16(22,23)17(24,25)18(26,27)19(28,29)30/h14H,3-13H2,1-2H3. The highest BCUT2D eigenvalue weighted by atomic mass is 19.4. The van der Waals surface area contributed by atoms with Crippen molar-refractivity contribution in [1.29, 1.82) is 0 Å². The fraction of sp³-hybridized carbons (Fsp3) is 1.00. The molecule has 0 saturated carbocycles. The molecule has 0 spiro atoms. The van der Waals surface area contributed by atoms with Crippen LogP contribution in [0.5, 0.6) is 0 Å². The van der Waals surface area contributed by atoms with E-state index in [9.17, 15) is 48.3 Å². The Morgan fingerprint density at radius 3 is 1.33 bits per heavy atom. The molecule has 0 nitrogen and oxygen atoms in total. The van der Waals surface area contributed by atoms with Gasteiger partial charge in [0.25, 0.3) is 0 Å². The summed E-state index contributed by atoms with van der Waals surface area (Å²) in [5.41, 5.74) is 0. The fourth-order valence-electron chi connectivity index (χ4n) is 3.16. The molecule has 0 radical (unpaired) electrons. The normalized spacial score (nSPS) is 15.5. The van der Waals surface area contributed by atoms with Gasteiger partial charge in [0.15, 0.2) is 0 Å². The van der Waals surface area contributed by atoms with Crippen molar-refractivity contribution in [2.24, 2.45) is 5.92 Å². The van der Waals surface area contributed by atoms with Crippen molar-refractivity contribution in [2.75, 3.05) is 0 Å². The molecular formula is C19H29F11. The molecule has 0 aromatic heterocycles. The molecule has 0 rings (SSSR count). The molecule has 182 valence electrons. The molecule has 1 unspecified atom stereocenters. The van der Waals surface area contributed by atoms with Crippen molar-refractivity contribution < 1.29 is 48.3 Å². The molecule has 11 heteroatoms. The Balaban J connectivity index is 5.50. The van der Waals surface area contributed by atoms with Crippen LogP contribution in [0.1, 0.15) is 84.5 Å². The van der Waals surface area contributed by atoms with Crippen LogP contribution in [0.15, 0.2) is 0 Å². The van der Waals surface area contributed by atoms with Crippen molar-refractivity contribution in [3.05, 3.63) is 0 Å². The summed E-state index contributed by atoms with van der Waals surface area (Å²) in [7, 11) is 0. The second-order valence-electron chi connectivity index (χ2n) is 7.69. The third-order valence-electron chi connectivity index (χ3n) is 5.08. The van der Waals surface area contributed by atoms with E-state index in [0.29, 0.717) is 32.1 Å². The molecule has 0 saturated heterocycles. The molecule has 0 aromatic carbocycles. The lowest BCUT2D eigenvalue weighted by Gasteiger charge is -2.38. The number of hydrogen-bond acceptors (Lipinski definition) is 0. The summed E-state index contributed by atoms with van der Waals surface area (Å²) < 4.78 is 145. The molecule has 30 heavy (non-hydrogen) atoms. The van der Waals surface area contributed by atoms with E-state index in [1.54, 1.807) is 6.92 Å². The van der Waals surface area contributed by atoms with Gasteiger partial charge in [-0.15, -0.1) is 0 Å². The Labute approximate surface area is 169 Å². The SMILES string of the molecule is CCCCCCCC(CCCCC)CC(F)(F)C(F)(F)C(F)(F)C(F)(F)C(F)(F)F. The number of hydrogen-bond donors (Lipinski definition) is 0. The van der Waals surface area contributed by atoms with Crippen LogP contribution in [-0.4, -0.2) is 29.9 Å². The van der Waals surface area contributed by atoms with Crippen LogP contribution >= 0.6 is 0 Å². The summed E-state index contributed by atoms with van der Waals surface area (Å²) in [4.78, 5) is 0. The third kappa shape index (κ3) is 6.87. The first-order valence-corrected chi connectivity index (χ1v) is 10.1. The maximum atomic E-state index is 14.1. The van der Waals surface area contributed by atoms with Gasteiger partial charge in [0, 0.05) is 6.42 Å². The van der Waals surface area contributed by atoms with Crippen LogP contribution in [0.2, 0.25) is 0 Å². The van der Waals surface area contributed by atoms with Gasteiger partial charge in [0.2, 0.25) is 0 Å². The van der Waals surface area contributed by atoms with E-state index >= 15 is 0 Å². The fourth-order valence-corrected chi connectivity index (χ4v) is 3.16. The quantitative estimate of drug-likeness (QED) is 0.167. The number of rotatable bonds is 15. The van der Waals surface area contributed by atoms with E-state index in [0.717, 1.165) is 19.3 Å². The molecule has 0 aromatic rings. The van der Waals surface area contributed by atoms with Crippen molar-refractivity contribution >= 4 is 0 Å². The molecule has 0 N–H and O–H groups in total. The van der Waals surface area contributed by atoms with Crippen LogP contribution in [0.4, 0.5) is 48.3 Å². The predicted octanol–water partition coefficient (Wildman–Crippen LogP) is 9.04. The molecular weight excluding hydrogens is 437 g/mol. The number of alkyl halides is 11. The maximum Gasteiger partial charge on any atom is 0.460 e. The summed E-state index contributed by atoms with van der Waals surface area (Å²) in [6.07, 6.45) is -4.11. The monoisotopic (exact) mass is 466 g/mol. The molecule has 0 aliphatic carbocycles. The van der Waals surface area contributed by atoms with Gasteiger partial charge in [-0.05, 0) is 5.92 Å².